The zero-order valence-electron chi connectivity index (χ0n) is 9.90. The van der Waals surface area contributed by atoms with E-state index in [-0.39, 0.29) is 5.69 Å². The summed E-state index contributed by atoms with van der Waals surface area (Å²) in [6.45, 7) is 7.99. The Balaban J connectivity index is 0.000000531. The molecule has 4 nitrogen and oxygen atoms in total. The molecule has 0 aliphatic rings. The monoisotopic (exact) mass is 207 g/mol. The van der Waals surface area contributed by atoms with E-state index in [2.05, 4.69) is 5.10 Å². The van der Waals surface area contributed by atoms with Crippen LogP contribution in [-0.2, 0) is 7.05 Å². The summed E-state index contributed by atoms with van der Waals surface area (Å²) in [7, 11) is 1.65. The fourth-order valence-electron chi connectivity index (χ4n) is 1.32. The van der Waals surface area contributed by atoms with Crippen LogP contribution in [0.25, 0.3) is 5.65 Å². The van der Waals surface area contributed by atoms with Crippen LogP contribution in [0.1, 0.15) is 25.0 Å². The first-order valence-electron chi connectivity index (χ1n) is 5.12. The number of hydrogen-bond acceptors (Lipinski definition) is 2. The second kappa shape index (κ2) is 4.29. The Labute approximate surface area is 89.2 Å². The number of hydrogen-bond donors (Lipinski definition) is 0. The molecule has 2 rings (SSSR count). The van der Waals surface area contributed by atoms with E-state index in [9.17, 15) is 4.79 Å². The minimum absolute atomic E-state index is 0.0990. The highest BCUT2D eigenvalue weighted by atomic mass is 16.2. The predicted octanol–water partition coefficient (Wildman–Crippen LogP) is 1.68. The van der Waals surface area contributed by atoms with Crippen molar-refractivity contribution in [2.75, 3.05) is 0 Å². The first-order valence-corrected chi connectivity index (χ1v) is 5.12. The van der Waals surface area contributed by atoms with Gasteiger partial charge in [0.1, 0.15) is 0 Å². The molecule has 0 unspecified atom stereocenters. The third-order valence-electron chi connectivity index (χ3n) is 2.27. The number of rotatable bonds is 0. The van der Waals surface area contributed by atoms with E-state index in [1.165, 1.54) is 4.68 Å². The van der Waals surface area contributed by atoms with E-state index in [1.54, 1.807) is 11.4 Å². The molecule has 0 aliphatic carbocycles. The van der Waals surface area contributed by atoms with Crippen LogP contribution >= 0.6 is 0 Å². The van der Waals surface area contributed by atoms with Gasteiger partial charge in [-0.3, -0.25) is 4.40 Å². The highest BCUT2D eigenvalue weighted by molar-refractivity contribution is 5.42. The zero-order valence-corrected chi connectivity index (χ0v) is 9.90. The summed E-state index contributed by atoms with van der Waals surface area (Å²) in [5, 5.41) is 4.08. The summed E-state index contributed by atoms with van der Waals surface area (Å²) in [6.07, 6.45) is 1.82. The third-order valence-corrected chi connectivity index (χ3v) is 2.27. The molecule has 0 radical (unpaired) electrons. The van der Waals surface area contributed by atoms with Gasteiger partial charge in [-0.05, 0) is 31.0 Å². The summed E-state index contributed by atoms with van der Waals surface area (Å²) in [5.41, 5.74) is 2.86. The lowest BCUT2D eigenvalue weighted by atomic mass is 10.2. The predicted molar refractivity (Wildman–Crippen MR) is 61.3 cm³/mol. The van der Waals surface area contributed by atoms with Crippen LogP contribution in [-0.4, -0.2) is 14.2 Å². The summed E-state index contributed by atoms with van der Waals surface area (Å²) in [4.78, 5) is 11.5. The highest BCUT2D eigenvalue weighted by Crippen LogP contribution is 2.07. The second-order valence-corrected chi connectivity index (χ2v) is 3.27. The van der Waals surface area contributed by atoms with Gasteiger partial charge < -0.3 is 0 Å². The lowest BCUT2D eigenvalue weighted by Gasteiger charge is -1.98. The molecule has 2 heterocycles. The summed E-state index contributed by atoms with van der Waals surface area (Å²) >= 11 is 0. The Kier molecular flexibility index (Phi) is 3.29. The zero-order chi connectivity index (χ0) is 11.6. The van der Waals surface area contributed by atoms with Gasteiger partial charge in [-0.2, -0.15) is 5.10 Å². The van der Waals surface area contributed by atoms with Crippen molar-refractivity contribution in [3.63, 3.8) is 0 Å². The Morgan fingerprint density at radius 1 is 1.20 bits per heavy atom. The van der Waals surface area contributed by atoms with E-state index >= 15 is 0 Å². The Hall–Kier alpha value is -1.58. The molecule has 0 saturated heterocycles. The van der Waals surface area contributed by atoms with Gasteiger partial charge in [0, 0.05) is 13.2 Å². The van der Waals surface area contributed by atoms with Gasteiger partial charge in [0.05, 0.1) is 0 Å². The molecule has 0 saturated carbocycles. The molecule has 0 fully saturated rings. The second-order valence-electron chi connectivity index (χ2n) is 3.27. The van der Waals surface area contributed by atoms with Gasteiger partial charge in [-0.15, -0.1) is 0 Å². The summed E-state index contributed by atoms with van der Waals surface area (Å²) < 4.78 is 2.90. The van der Waals surface area contributed by atoms with E-state index in [0.717, 1.165) is 11.1 Å². The molecule has 4 heteroatoms. The van der Waals surface area contributed by atoms with Crippen molar-refractivity contribution in [2.45, 2.75) is 27.7 Å². The first kappa shape index (κ1) is 11.5. The number of fused-ring (bicyclic) bond motifs is 1. The molecular formula is C11H17N3O. The minimum Gasteiger partial charge on any atom is -0.250 e. The van der Waals surface area contributed by atoms with Gasteiger partial charge in [0.25, 0.3) is 0 Å². The van der Waals surface area contributed by atoms with Crippen molar-refractivity contribution in [3.8, 4) is 0 Å². The number of pyridine rings is 1. The fraction of sp³-hybridized carbons (Fsp3) is 0.455. The fourth-order valence-corrected chi connectivity index (χ4v) is 1.32. The normalized spacial score (nSPS) is 9.93. The molecule has 2 aromatic rings. The van der Waals surface area contributed by atoms with Crippen molar-refractivity contribution in [3.05, 3.63) is 33.9 Å². The number of aryl methyl sites for hydroxylation is 3. The largest absolute Gasteiger partial charge is 0.350 e. The molecule has 15 heavy (non-hydrogen) atoms. The molecule has 0 bridgehead atoms. The van der Waals surface area contributed by atoms with Gasteiger partial charge in [-0.1, -0.05) is 13.8 Å². The van der Waals surface area contributed by atoms with Crippen LogP contribution in [0.2, 0.25) is 0 Å². The topological polar surface area (TPSA) is 39.3 Å². The number of aromatic nitrogens is 3. The van der Waals surface area contributed by atoms with Crippen LogP contribution in [0.15, 0.2) is 17.1 Å². The van der Waals surface area contributed by atoms with Gasteiger partial charge in [0.15, 0.2) is 5.65 Å². The van der Waals surface area contributed by atoms with Crippen LogP contribution in [0.4, 0.5) is 0 Å². The maximum absolute atomic E-state index is 11.5. The molecule has 0 aliphatic heterocycles. The standard InChI is InChI=1S/C9H11N3O.C2H6/c1-6-4-8-10-11(3)9(13)12(8)5-7(6)2;1-2/h4-5H,1-3H3;1-2H3. The molecule has 2 aromatic heterocycles. The lowest BCUT2D eigenvalue weighted by molar-refractivity contribution is 0.732. The molecule has 0 aromatic carbocycles. The molecule has 0 N–H and O–H groups in total. The van der Waals surface area contributed by atoms with Crippen LogP contribution in [0, 0.1) is 13.8 Å². The minimum atomic E-state index is -0.0990. The van der Waals surface area contributed by atoms with Crippen molar-refractivity contribution < 1.29 is 0 Å². The van der Waals surface area contributed by atoms with Gasteiger partial charge >= 0.3 is 5.69 Å². The third kappa shape index (κ3) is 1.93. The Morgan fingerprint density at radius 2 is 1.80 bits per heavy atom. The average molecular weight is 207 g/mol. The number of nitrogens with zero attached hydrogens (tertiary/aromatic N) is 3. The van der Waals surface area contributed by atoms with E-state index < -0.39 is 0 Å². The van der Waals surface area contributed by atoms with Crippen molar-refractivity contribution in [1.29, 1.82) is 0 Å². The Bertz CT molecular complexity index is 522. The Morgan fingerprint density at radius 3 is 2.40 bits per heavy atom. The molecule has 0 atom stereocenters. The maximum atomic E-state index is 11.5. The molecule has 82 valence electrons. The van der Waals surface area contributed by atoms with Crippen molar-refractivity contribution in [2.24, 2.45) is 7.05 Å². The van der Waals surface area contributed by atoms with Crippen molar-refractivity contribution >= 4 is 5.65 Å². The van der Waals surface area contributed by atoms with E-state index in [0.29, 0.717) is 5.65 Å². The van der Waals surface area contributed by atoms with E-state index in [1.807, 2.05) is 40.0 Å². The average Bonchev–Trinajstić information content (AvgIpc) is 2.49. The van der Waals surface area contributed by atoms with Crippen LogP contribution in [0.5, 0.6) is 0 Å². The molecule has 0 amide bonds. The quantitative estimate of drug-likeness (QED) is 0.659. The summed E-state index contributed by atoms with van der Waals surface area (Å²) in [6, 6.07) is 1.91. The van der Waals surface area contributed by atoms with Crippen molar-refractivity contribution in [1.82, 2.24) is 14.2 Å². The smallest absolute Gasteiger partial charge is 0.250 e. The molecule has 0 spiro atoms. The first-order chi connectivity index (χ1) is 7.09. The summed E-state index contributed by atoms with van der Waals surface area (Å²) in [5.74, 6) is 0. The molecular weight excluding hydrogens is 190 g/mol. The van der Waals surface area contributed by atoms with Crippen LogP contribution in [0.3, 0.4) is 0 Å². The van der Waals surface area contributed by atoms with Gasteiger partial charge in [0.2, 0.25) is 0 Å². The lowest BCUT2D eigenvalue weighted by Crippen LogP contribution is -2.17. The van der Waals surface area contributed by atoms with Crippen LogP contribution < -0.4 is 5.69 Å². The highest BCUT2D eigenvalue weighted by Gasteiger charge is 2.04. The maximum Gasteiger partial charge on any atom is 0.350 e. The SMILES string of the molecule is CC.Cc1cc2nn(C)c(=O)n2cc1C. The van der Waals surface area contributed by atoms with Gasteiger partial charge in [-0.25, -0.2) is 9.48 Å². The van der Waals surface area contributed by atoms with E-state index in [4.69, 9.17) is 0 Å².